The minimum atomic E-state index is -0.536. The van der Waals surface area contributed by atoms with E-state index < -0.39 is 6.10 Å². The van der Waals surface area contributed by atoms with Gasteiger partial charge in [-0.1, -0.05) is 35.5 Å². The van der Waals surface area contributed by atoms with Crippen molar-refractivity contribution < 1.29 is 14.7 Å². The Morgan fingerprint density at radius 1 is 1.33 bits per heavy atom. The molecule has 1 aliphatic carbocycles. The molecule has 3 unspecified atom stereocenters. The van der Waals surface area contributed by atoms with Crippen molar-refractivity contribution in [2.75, 3.05) is 6.54 Å². The highest BCUT2D eigenvalue weighted by Crippen LogP contribution is 2.24. The molecule has 3 atom stereocenters. The Morgan fingerprint density at radius 3 is 2.86 bits per heavy atom. The summed E-state index contributed by atoms with van der Waals surface area (Å²) in [5.41, 5.74) is 1.80. The lowest BCUT2D eigenvalue weighted by Gasteiger charge is -2.13. The van der Waals surface area contributed by atoms with Crippen molar-refractivity contribution >= 4 is 11.6 Å². The van der Waals surface area contributed by atoms with Gasteiger partial charge in [-0.15, -0.1) is 0 Å². The molecule has 1 aromatic rings. The van der Waals surface area contributed by atoms with Crippen molar-refractivity contribution in [3.8, 4) is 0 Å². The maximum Gasteiger partial charge on any atom is 0.264 e. The van der Waals surface area contributed by atoms with E-state index in [9.17, 15) is 9.90 Å². The molecular formula is C16H20N2O3. The van der Waals surface area contributed by atoms with Crippen LogP contribution in [0.15, 0.2) is 35.5 Å². The van der Waals surface area contributed by atoms with Crippen LogP contribution < -0.4 is 5.32 Å². The Hall–Kier alpha value is -1.88. The molecule has 2 N–H and O–H groups in total. The summed E-state index contributed by atoms with van der Waals surface area (Å²) in [5.74, 6) is 0.255. The van der Waals surface area contributed by atoms with Gasteiger partial charge in [0.15, 0.2) is 0 Å². The van der Waals surface area contributed by atoms with Crippen LogP contribution >= 0.6 is 0 Å². The van der Waals surface area contributed by atoms with Crippen molar-refractivity contribution in [3.63, 3.8) is 0 Å². The van der Waals surface area contributed by atoms with Gasteiger partial charge in [-0.05, 0) is 30.7 Å². The number of hydrogen-bond donors (Lipinski definition) is 2. The van der Waals surface area contributed by atoms with E-state index in [1.165, 1.54) is 0 Å². The zero-order valence-electron chi connectivity index (χ0n) is 11.9. The molecule has 21 heavy (non-hydrogen) atoms. The zero-order valence-corrected chi connectivity index (χ0v) is 11.9. The first-order chi connectivity index (χ1) is 10.2. The number of benzene rings is 1. The monoisotopic (exact) mass is 288 g/mol. The van der Waals surface area contributed by atoms with Crippen LogP contribution in [0.25, 0.3) is 0 Å². The molecule has 1 amide bonds. The lowest BCUT2D eigenvalue weighted by Crippen LogP contribution is -2.37. The van der Waals surface area contributed by atoms with E-state index in [0.717, 1.165) is 30.5 Å². The first-order valence-electron chi connectivity index (χ1n) is 7.46. The quantitative estimate of drug-likeness (QED) is 0.881. The Morgan fingerprint density at radius 2 is 2.14 bits per heavy atom. The summed E-state index contributed by atoms with van der Waals surface area (Å²) in [4.78, 5) is 17.3. The van der Waals surface area contributed by atoms with Crippen molar-refractivity contribution in [3.05, 3.63) is 35.9 Å². The third-order valence-corrected chi connectivity index (χ3v) is 4.15. The van der Waals surface area contributed by atoms with Gasteiger partial charge >= 0.3 is 0 Å². The molecule has 1 heterocycles. The molecule has 1 aliphatic heterocycles. The van der Waals surface area contributed by atoms with Crippen molar-refractivity contribution in [2.45, 2.75) is 37.9 Å². The third-order valence-electron chi connectivity index (χ3n) is 4.15. The number of nitrogens with one attached hydrogen (secondary N) is 1. The number of carbonyl (C=O) groups excluding carboxylic acids is 1. The molecule has 1 saturated carbocycles. The van der Waals surface area contributed by atoms with Gasteiger partial charge in [-0.3, -0.25) is 4.79 Å². The average molecular weight is 288 g/mol. The van der Waals surface area contributed by atoms with Gasteiger partial charge in [-0.25, -0.2) is 0 Å². The SMILES string of the molecule is O=C(NCC1CCC(O)C1)C1CC(c2ccccc2)=NO1. The van der Waals surface area contributed by atoms with Crippen LogP contribution in [0, 0.1) is 5.92 Å². The number of oxime groups is 1. The molecule has 3 rings (SSSR count). The van der Waals surface area contributed by atoms with Crippen molar-refractivity contribution in [1.82, 2.24) is 5.32 Å². The second-order valence-electron chi connectivity index (χ2n) is 5.78. The topological polar surface area (TPSA) is 70.9 Å². The first kappa shape index (κ1) is 14.1. The van der Waals surface area contributed by atoms with E-state index >= 15 is 0 Å². The van der Waals surface area contributed by atoms with Gasteiger partial charge in [0.2, 0.25) is 6.10 Å². The molecule has 0 saturated heterocycles. The van der Waals surface area contributed by atoms with E-state index in [2.05, 4.69) is 10.5 Å². The summed E-state index contributed by atoms with van der Waals surface area (Å²) >= 11 is 0. The minimum Gasteiger partial charge on any atom is -0.393 e. The van der Waals surface area contributed by atoms with Crippen LogP contribution in [0.2, 0.25) is 0 Å². The maximum absolute atomic E-state index is 12.1. The van der Waals surface area contributed by atoms with E-state index in [1.54, 1.807) is 0 Å². The second kappa shape index (κ2) is 6.26. The number of carbonyl (C=O) groups is 1. The smallest absolute Gasteiger partial charge is 0.264 e. The number of amides is 1. The summed E-state index contributed by atoms with van der Waals surface area (Å²) in [6, 6.07) is 9.75. The molecule has 0 aromatic heterocycles. The molecule has 1 aromatic carbocycles. The lowest BCUT2D eigenvalue weighted by atomic mass is 10.0. The Balaban J connectivity index is 1.47. The van der Waals surface area contributed by atoms with Gasteiger partial charge in [0.1, 0.15) is 0 Å². The fourth-order valence-corrected chi connectivity index (χ4v) is 2.91. The largest absolute Gasteiger partial charge is 0.393 e. The summed E-state index contributed by atoms with van der Waals surface area (Å²) in [6.45, 7) is 0.608. The molecule has 112 valence electrons. The molecule has 5 nitrogen and oxygen atoms in total. The standard InChI is InChI=1S/C16H20N2O3/c19-13-7-6-11(8-13)10-17-16(20)15-9-14(18-21-15)12-4-2-1-3-5-12/h1-5,11,13,15,19H,6-10H2,(H,17,20). The number of rotatable bonds is 4. The summed E-state index contributed by atoms with van der Waals surface area (Å²) in [7, 11) is 0. The number of nitrogens with zero attached hydrogens (tertiary/aromatic N) is 1. The van der Waals surface area contributed by atoms with Gasteiger partial charge in [0, 0.05) is 13.0 Å². The highest BCUT2D eigenvalue weighted by molar-refractivity contribution is 6.04. The zero-order chi connectivity index (χ0) is 14.7. The normalized spacial score (nSPS) is 28.0. The van der Waals surface area contributed by atoms with Crippen molar-refractivity contribution in [2.24, 2.45) is 11.1 Å². The predicted molar refractivity (Wildman–Crippen MR) is 78.8 cm³/mol. The van der Waals surface area contributed by atoms with E-state index in [0.29, 0.717) is 18.9 Å². The third kappa shape index (κ3) is 3.42. The van der Waals surface area contributed by atoms with Gasteiger partial charge in [0.25, 0.3) is 5.91 Å². The van der Waals surface area contributed by atoms with Crippen LogP contribution in [0.1, 0.15) is 31.2 Å². The molecule has 0 radical (unpaired) electrons. The molecule has 5 heteroatoms. The van der Waals surface area contributed by atoms with Crippen LogP contribution in [-0.4, -0.2) is 35.5 Å². The Kier molecular flexibility index (Phi) is 4.20. The molecule has 0 bridgehead atoms. The molecule has 1 fully saturated rings. The van der Waals surface area contributed by atoms with Crippen LogP contribution in [0.4, 0.5) is 0 Å². The lowest BCUT2D eigenvalue weighted by molar-refractivity contribution is -0.131. The highest BCUT2D eigenvalue weighted by Gasteiger charge is 2.30. The summed E-state index contributed by atoms with van der Waals surface area (Å²) < 4.78 is 0. The van der Waals surface area contributed by atoms with E-state index in [4.69, 9.17) is 4.84 Å². The van der Waals surface area contributed by atoms with Gasteiger partial charge in [-0.2, -0.15) is 0 Å². The summed E-state index contributed by atoms with van der Waals surface area (Å²) in [5, 5.41) is 16.4. The van der Waals surface area contributed by atoms with Crippen LogP contribution in [0.3, 0.4) is 0 Å². The molecule has 2 aliphatic rings. The minimum absolute atomic E-state index is 0.119. The Bertz CT molecular complexity index is 530. The highest BCUT2D eigenvalue weighted by atomic mass is 16.6. The first-order valence-corrected chi connectivity index (χ1v) is 7.46. The number of aliphatic hydroxyl groups is 1. The average Bonchev–Trinajstić information content (AvgIpc) is 3.15. The van der Waals surface area contributed by atoms with Crippen molar-refractivity contribution in [1.29, 1.82) is 0 Å². The predicted octanol–water partition coefficient (Wildman–Crippen LogP) is 1.46. The van der Waals surface area contributed by atoms with Crippen LogP contribution in [-0.2, 0) is 9.63 Å². The Labute approximate surface area is 124 Å². The van der Waals surface area contributed by atoms with E-state index in [-0.39, 0.29) is 12.0 Å². The fraction of sp³-hybridized carbons (Fsp3) is 0.500. The number of aliphatic hydroxyl groups excluding tert-OH is 1. The van der Waals surface area contributed by atoms with Gasteiger partial charge < -0.3 is 15.3 Å². The van der Waals surface area contributed by atoms with Crippen LogP contribution in [0.5, 0.6) is 0 Å². The van der Waals surface area contributed by atoms with Gasteiger partial charge in [0.05, 0.1) is 11.8 Å². The number of hydrogen-bond acceptors (Lipinski definition) is 4. The fourth-order valence-electron chi connectivity index (χ4n) is 2.91. The molecule has 0 spiro atoms. The second-order valence-corrected chi connectivity index (χ2v) is 5.78. The molecular weight excluding hydrogens is 268 g/mol. The summed E-state index contributed by atoms with van der Waals surface area (Å²) in [6.07, 6.45) is 2.34. The van der Waals surface area contributed by atoms with E-state index in [1.807, 2.05) is 30.3 Å². The maximum atomic E-state index is 12.1.